The second-order valence-corrected chi connectivity index (χ2v) is 8.62. The average molecular weight is 411 g/mol. The van der Waals surface area contributed by atoms with Crippen molar-refractivity contribution in [3.63, 3.8) is 0 Å². The summed E-state index contributed by atoms with van der Waals surface area (Å²) in [7, 11) is 0. The predicted molar refractivity (Wildman–Crippen MR) is 120 cm³/mol. The van der Waals surface area contributed by atoms with Gasteiger partial charge >= 0.3 is 0 Å². The summed E-state index contributed by atoms with van der Waals surface area (Å²) >= 11 is 0. The molecule has 7 nitrogen and oxygen atoms in total. The highest BCUT2D eigenvalue weighted by molar-refractivity contribution is 5.69. The lowest BCUT2D eigenvalue weighted by Crippen LogP contribution is -2.48. The van der Waals surface area contributed by atoms with E-state index >= 15 is 0 Å². The van der Waals surface area contributed by atoms with Crippen molar-refractivity contribution < 1.29 is 4.74 Å². The van der Waals surface area contributed by atoms with Crippen molar-refractivity contribution in [1.29, 1.82) is 0 Å². The molecule has 2 aromatic rings. The van der Waals surface area contributed by atoms with Gasteiger partial charge in [-0.15, -0.1) is 0 Å². The van der Waals surface area contributed by atoms with Gasteiger partial charge in [0, 0.05) is 57.7 Å². The molecule has 162 valence electrons. The molecular weight excluding hydrogens is 376 g/mol. The van der Waals surface area contributed by atoms with Gasteiger partial charge in [0.1, 0.15) is 12.1 Å². The Morgan fingerprint density at radius 2 is 1.87 bits per heavy atom. The van der Waals surface area contributed by atoms with Gasteiger partial charge in [-0.2, -0.15) is 5.10 Å². The second kappa shape index (κ2) is 9.78. The third kappa shape index (κ3) is 5.12. The molecule has 0 amide bonds. The summed E-state index contributed by atoms with van der Waals surface area (Å²) in [5.74, 6) is 7.54. The first-order chi connectivity index (χ1) is 14.6. The molecule has 0 N–H and O–H groups in total. The molecule has 0 radical (unpaired) electrons. The van der Waals surface area contributed by atoms with Crippen molar-refractivity contribution in [3.8, 4) is 11.8 Å². The number of hydrogen-bond donors (Lipinski definition) is 0. The van der Waals surface area contributed by atoms with E-state index in [-0.39, 0.29) is 6.10 Å². The fraction of sp³-hybridized carbons (Fsp3) is 0.652. The van der Waals surface area contributed by atoms with Gasteiger partial charge in [0.05, 0.1) is 18.3 Å². The summed E-state index contributed by atoms with van der Waals surface area (Å²) in [6.45, 7) is 14.4. The summed E-state index contributed by atoms with van der Waals surface area (Å²) in [5, 5.41) is 4.49. The summed E-state index contributed by atoms with van der Waals surface area (Å²) < 4.78 is 7.95. The number of hydrogen-bond acceptors (Lipinski definition) is 6. The zero-order chi connectivity index (χ0) is 20.9. The van der Waals surface area contributed by atoms with Gasteiger partial charge in [-0.05, 0) is 39.7 Å². The van der Waals surface area contributed by atoms with Gasteiger partial charge in [-0.1, -0.05) is 11.8 Å². The zero-order valence-corrected chi connectivity index (χ0v) is 18.5. The van der Waals surface area contributed by atoms with E-state index in [0.717, 1.165) is 75.7 Å². The molecule has 0 aromatic carbocycles. The van der Waals surface area contributed by atoms with Crippen LogP contribution in [0, 0.1) is 18.8 Å². The van der Waals surface area contributed by atoms with Crippen LogP contribution in [0.5, 0.6) is 0 Å². The summed E-state index contributed by atoms with van der Waals surface area (Å²) in [5.41, 5.74) is 2.09. The molecule has 0 saturated carbocycles. The minimum Gasteiger partial charge on any atom is -0.365 e. The molecule has 0 aliphatic carbocycles. The minimum absolute atomic E-state index is 0.288. The Kier molecular flexibility index (Phi) is 6.88. The molecule has 4 heterocycles. The topological polar surface area (TPSA) is 49.1 Å². The molecule has 0 bridgehead atoms. The van der Waals surface area contributed by atoms with Crippen LogP contribution in [0.2, 0.25) is 0 Å². The molecule has 2 saturated heterocycles. The van der Waals surface area contributed by atoms with Crippen LogP contribution in [0.15, 0.2) is 18.5 Å². The first-order valence-electron chi connectivity index (χ1n) is 11.2. The Balaban J connectivity index is 1.18. The van der Waals surface area contributed by atoms with E-state index in [9.17, 15) is 0 Å². The molecule has 0 atom stereocenters. The van der Waals surface area contributed by atoms with Gasteiger partial charge in [0.15, 0.2) is 5.82 Å². The number of aryl methyl sites for hydroxylation is 1. The lowest BCUT2D eigenvalue weighted by molar-refractivity contribution is 0.0593. The van der Waals surface area contributed by atoms with Crippen molar-refractivity contribution in [2.45, 2.75) is 45.8 Å². The number of fused-ring (bicyclic) bond motifs is 1. The van der Waals surface area contributed by atoms with Gasteiger partial charge in [0.25, 0.3) is 0 Å². The lowest BCUT2D eigenvalue weighted by Gasteiger charge is -2.36. The fourth-order valence-corrected chi connectivity index (χ4v) is 4.32. The Morgan fingerprint density at radius 1 is 1.10 bits per heavy atom. The van der Waals surface area contributed by atoms with Gasteiger partial charge in [-0.3, -0.25) is 9.80 Å². The molecular formula is C23H34N6O. The maximum atomic E-state index is 6.03. The van der Waals surface area contributed by atoms with E-state index in [0.29, 0.717) is 12.6 Å². The van der Waals surface area contributed by atoms with Crippen molar-refractivity contribution in [2.75, 3.05) is 57.3 Å². The van der Waals surface area contributed by atoms with Crippen LogP contribution in [0.4, 0.5) is 5.82 Å². The van der Waals surface area contributed by atoms with Crippen LogP contribution in [0.1, 0.15) is 32.4 Å². The summed E-state index contributed by atoms with van der Waals surface area (Å²) in [6.07, 6.45) is 6.04. The Labute approximate surface area is 180 Å². The zero-order valence-electron chi connectivity index (χ0n) is 18.5. The molecule has 7 heteroatoms. The number of nitrogens with zero attached hydrogens (tertiary/aromatic N) is 6. The maximum Gasteiger partial charge on any atom is 0.154 e. The number of ether oxygens (including phenoxy) is 1. The van der Waals surface area contributed by atoms with Gasteiger partial charge in [-0.25, -0.2) is 9.50 Å². The maximum absolute atomic E-state index is 6.03. The van der Waals surface area contributed by atoms with Crippen LogP contribution >= 0.6 is 0 Å². The monoisotopic (exact) mass is 410 g/mol. The van der Waals surface area contributed by atoms with E-state index in [1.165, 1.54) is 0 Å². The molecule has 2 aliphatic rings. The van der Waals surface area contributed by atoms with Crippen molar-refractivity contribution >= 4 is 11.3 Å². The highest BCUT2D eigenvalue weighted by atomic mass is 16.5. The average Bonchev–Trinajstić information content (AvgIpc) is 3.14. The van der Waals surface area contributed by atoms with Gasteiger partial charge < -0.3 is 9.64 Å². The first kappa shape index (κ1) is 21.1. The highest BCUT2D eigenvalue weighted by Crippen LogP contribution is 2.24. The van der Waals surface area contributed by atoms with Crippen LogP contribution in [-0.4, -0.2) is 89.0 Å². The van der Waals surface area contributed by atoms with E-state index in [2.05, 4.69) is 56.5 Å². The summed E-state index contributed by atoms with van der Waals surface area (Å²) in [4.78, 5) is 11.9. The number of piperazine rings is 1. The van der Waals surface area contributed by atoms with Crippen LogP contribution in [0.3, 0.4) is 0 Å². The van der Waals surface area contributed by atoms with Crippen LogP contribution in [0.25, 0.3) is 5.52 Å². The Morgan fingerprint density at radius 3 is 2.60 bits per heavy atom. The largest absolute Gasteiger partial charge is 0.365 e. The molecule has 0 unspecified atom stereocenters. The highest BCUT2D eigenvalue weighted by Gasteiger charge is 2.22. The van der Waals surface area contributed by atoms with E-state index < -0.39 is 0 Å². The third-order valence-corrected chi connectivity index (χ3v) is 6.19. The van der Waals surface area contributed by atoms with Crippen molar-refractivity contribution in [1.82, 2.24) is 24.4 Å². The smallest absolute Gasteiger partial charge is 0.154 e. The SMILES string of the molecule is Cc1cc2c(N3CCC(OCC#CCN4CCN(C(C)C)CC4)CC3)nccn2n1. The minimum atomic E-state index is 0.288. The van der Waals surface area contributed by atoms with Crippen LogP contribution in [-0.2, 0) is 4.74 Å². The quantitative estimate of drug-likeness (QED) is 0.704. The van der Waals surface area contributed by atoms with Crippen molar-refractivity contribution in [2.24, 2.45) is 0 Å². The molecule has 4 rings (SSSR count). The standard InChI is InChI=1S/C23H34N6O/c1-19(2)27-15-13-26(14-16-27)9-4-5-17-30-21-6-10-28(11-7-21)23-22-18-20(3)25-29(22)12-8-24-23/h8,12,18-19,21H,6-7,9-11,13-17H2,1-3H3. The summed E-state index contributed by atoms with van der Waals surface area (Å²) in [6, 6.07) is 2.74. The van der Waals surface area contributed by atoms with Crippen LogP contribution < -0.4 is 4.90 Å². The number of anilines is 1. The Hall–Kier alpha value is -2.14. The molecule has 30 heavy (non-hydrogen) atoms. The normalized spacial score (nSPS) is 19.4. The van der Waals surface area contributed by atoms with Crippen molar-refractivity contribution in [3.05, 3.63) is 24.2 Å². The first-order valence-corrected chi connectivity index (χ1v) is 11.2. The number of piperidine rings is 1. The van der Waals surface area contributed by atoms with E-state index in [4.69, 9.17) is 4.74 Å². The lowest BCUT2D eigenvalue weighted by atomic mass is 10.1. The predicted octanol–water partition coefficient (Wildman–Crippen LogP) is 2.05. The van der Waals surface area contributed by atoms with E-state index in [1.807, 2.05) is 23.8 Å². The Bertz CT molecular complexity index is 882. The molecule has 0 spiro atoms. The van der Waals surface area contributed by atoms with E-state index in [1.54, 1.807) is 0 Å². The molecule has 2 aromatic heterocycles. The van der Waals surface area contributed by atoms with Gasteiger partial charge in [0.2, 0.25) is 0 Å². The molecule has 2 aliphatic heterocycles. The molecule has 2 fully saturated rings. The second-order valence-electron chi connectivity index (χ2n) is 8.62. The number of rotatable bonds is 5. The fourth-order valence-electron chi connectivity index (χ4n) is 4.32. The third-order valence-electron chi connectivity index (χ3n) is 6.19. The number of aromatic nitrogens is 3.